The highest BCUT2D eigenvalue weighted by Gasteiger charge is 2.31. The second kappa shape index (κ2) is 4.96. The van der Waals surface area contributed by atoms with Crippen molar-refractivity contribution in [3.63, 3.8) is 0 Å². The third-order valence-electron chi connectivity index (χ3n) is 3.88. The van der Waals surface area contributed by atoms with Gasteiger partial charge in [-0.05, 0) is 31.6 Å². The summed E-state index contributed by atoms with van der Waals surface area (Å²) in [4.78, 5) is 12.2. The van der Waals surface area contributed by atoms with Crippen molar-refractivity contribution < 1.29 is 4.79 Å². The summed E-state index contributed by atoms with van der Waals surface area (Å²) >= 11 is 0. The lowest BCUT2D eigenvalue weighted by Crippen LogP contribution is -2.31. The molecule has 15 heavy (non-hydrogen) atoms. The zero-order chi connectivity index (χ0) is 11.5. The van der Waals surface area contributed by atoms with E-state index >= 15 is 0 Å². The van der Waals surface area contributed by atoms with E-state index in [4.69, 9.17) is 0 Å². The third kappa shape index (κ3) is 2.93. The summed E-state index contributed by atoms with van der Waals surface area (Å²) in [6.45, 7) is 8.44. The van der Waals surface area contributed by atoms with Crippen molar-refractivity contribution >= 4 is 5.78 Å². The number of ketones is 1. The molecular weight excluding hydrogens is 184 g/mol. The van der Waals surface area contributed by atoms with Gasteiger partial charge < -0.3 is 0 Å². The minimum absolute atomic E-state index is 0.145. The van der Waals surface area contributed by atoms with Gasteiger partial charge >= 0.3 is 0 Å². The first kappa shape index (κ1) is 12.5. The summed E-state index contributed by atoms with van der Waals surface area (Å²) < 4.78 is 0. The van der Waals surface area contributed by atoms with E-state index in [9.17, 15) is 4.79 Å². The van der Waals surface area contributed by atoms with E-state index in [1.165, 1.54) is 12.8 Å². The maximum absolute atomic E-state index is 12.2. The van der Waals surface area contributed by atoms with Crippen LogP contribution in [-0.2, 0) is 4.79 Å². The zero-order valence-corrected chi connectivity index (χ0v) is 10.5. The second-order valence-corrected chi connectivity index (χ2v) is 5.34. The quantitative estimate of drug-likeness (QED) is 0.639. The number of hydrogen-bond acceptors (Lipinski definition) is 1. The summed E-state index contributed by atoms with van der Waals surface area (Å²) in [7, 11) is 0. The molecule has 2 atom stereocenters. The number of hydrogen-bond donors (Lipinski definition) is 0. The van der Waals surface area contributed by atoms with Crippen LogP contribution in [0.3, 0.4) is 0 Å². The summed E-state index contributed by atoms with van der Waals surface area (Å²) in [5, 5.41) is 0. The molecule has 0 saturated carbocycles. The normalized spacial score (nSPS) is 26.7. The molecule has 0 aromatic rings. The second-order valence-electron chi connectivity index (χ2n) is 5.34. The average Bonchev–Trinajstić information content (AvgIpc) is 2.28. The molecule has 0 heterocycles. The van der Waals surface area contributed by atoms with Crippen LogP contribution in [0.4, 0.5) is 0 Å². The van der Waals surface area contributed by atoms with Crippen LogP contribution in [0.15, 0.2) is 12.2 Å². The minimum Gasteiger partial charge on any atom is -0.298 e. The number of allylic oxidation sites excluding steroid dienone is 2. The van der Waals surface area contributed by atoms with Crippen molar-refractivity contribution in [3.05, 3.63) is 12.2 Å². The van der Waals surface area contributed by atoms with E-state index in [0.717, 1.165) is 12.8 Å². The van der Waals surface area contributed by atoms with Crippen LogP contribution in [-0.4, -0.2) is 5.78 Å². The molecule has 0 spiro atoms. The fraction of sp³-hybridized carbons (Fsp3) is 0.786. The SMILES string of the molecule is CCC1C=CC(C(=O)C(C)(C)CC)CC1. The fourth-order valence-corrected chi connectivity index (χ4v) is 2.11. The molecule has 1 rings (SSSR count). The van der Waals surface area contributed by atoms with Gasteiger partial charge in [0.2, 0.25) is 0 Å². The summed E-state index contributed by atoms with van der Waals surface area (Å²) in [6.07, 6.45) is 8.78. The molecule has 0 amide bonds. The Morgan fingerprint density at radius 2 is 1.93 bits per heavy atom. The molecule has 0 N–H and O–H groups in total. The first-order valence-electron chi connectivity index (χ1n) is 6.24. The van der Waals surface area contributed by atoms with Crippen molar-refractivity contribution in [2.45, 2.75) is 53.4 Å². The maximum Gasteiger partial charge on any atom is 0.145 e. The fourth-order valence-electron chi connectivity index (χ4n) is 2.11. The molecule has 1 nitrogen and oxygen atoms in total. The molecule has 0 bridgehead atoms. The highest BCUT2D eigenvalue weighted by molar-refractivity contribution is 5.87. The number of Topliss-reactive ketones (excluding diaryl/α,β-unsaturated/α-hetero) is 1. The number of rotatable bonds is 4. The van der Waals surface area contributed by atoms with Crippen molar-refractivity contribution in [3.8, 4) is 0 Å². The predicted octanol–water partition coefficient (Wildman–Crippen LogP) is 3.98. The largest absolute Gasteiger partial charge is 0.298 e. The van der Waals surface area contributed by atoms with Crippen LogP contribution in [0.25, 0.3) is 0 Å². The van der Waals surface area contributed by atoms with Crippen LogP contribution < -0.4 is 0 Å². The van der Waals surface area contributed by atoms with E-state index in [0.29, 0.717) is 11.7 Å². The molecule has 86 valence electrons. The third-order valence-corrected chi connectivity index (χ3v) is 3.88. The lowest BCUT2D eigenvalue weighted by Gasteiger charge is -2.28. The molecule has 1 aliphatic rings. The monoisotopic (exact) mass is 208 g/mol. The maximum atomic E-state index is 12.2. The molecule has 2 unspecified atom stereocenters. The molecular formula is C14H24O. The van der Waals surface area contributed by atoms with Crippen molar-refractivity contribution in [1.29, 1.82) is 0 Å². The van der Waals surface area contributed by atoms with Crippen LogP contribution in [0.1, 0.15) is 53.4 Å². The first-order valence-corrected chi connectivity index (χ1v) is 6.24. The molecule has 1 aliphatic carbocycles. The van der Waals surface area contributed by atoms with Crippen LogP contribution in [0.2, 0.25) is 0 Å². The smallest absolute Gasteiger partial charge is 0.145 e. The number of carbonyl (C=O) groups excluding carboxylic acids is 1. The summed E-state index contributed by atoms with van der Waals surface area (Å²) in [5.74, 6) is 1.32. The van der Waals surface area contributed by atoms with E-state index < -0.39 is 0 Å². The van der Waals surface area contributed by atoms with Gasteiger partial charge in [0, 0.05) is 11.3 Å². The van der Waals surface area contributed by atoms with Crippen molar-refractivity contribution in [1.82, 2.24) is 0 Å². The van der Waals surface area contributed by atoms with E-state index in [1.807, 2.05) is 0 Å². The Bertz CT molecular complexity index is 250. The van der Waals surface area contributed by atoms with Gasteiger partial charge in [-0.15, -0.1) is 0 Å². The summed E-state index contributed by atoms with van der Waals surface area (Å²) in [5.41, 5.74) is -0.145. The Kier molecular flexibility index (Phi) is 4.12. The lowest BCUT2D eigenvalue weighted by molar-refractivity contribution is -0.130. The van der Waals surface area contributed by atoms with Crippen molar-refractivity contribution in [2.24, 2.45) is 17.3 Å². The van der Waals surface area contributed by atoms with Crippen LogP contribution in [0, 0.1) is 17.3 Å². The topological polar surface area (TPSA) is 17.1 Å². The zero-order valence-electron chi connectivity index (χ0n) is 10.5. The Morgan fingerprint density at radius 1 is 1.27 bits per heavy atom. The van der Waals surface area contributed by atoms with Gasteiger partial charge in [-0.3, -0.25) is 4.79 Å². The van der Waals surface area contributed by atoms with Gasteiger partial charge in [-0.2, -0.15) is 0 Å². The van der Waals surface area contributed by atoms with Gasteiger partial charge in [-0.1, -0.05) is 39.8 Å². The van der Waals surface area contributed by atoms with E-state index in [1.54, 1.807) is 0 Å². The Hall–Kier alpha value is -0.590. The molecule has 0 aliphatic heterocycles. The molecule has 0 radical (unpaired) electrons. The predicted molar refractivity (Wildman–Crippen MR) is 64.7 cm³/mol. The Labute approximate surface area is 93.9 Å². The number of carbonyl (C=O) groups is 1. The van der Waals surface area contributed by atoms with Crippen LogP contribution in [0.5, 0.6) is 0 Å². The van der Waals surface area contributed by atoms with E-state index in [-0.39, 0.29) is 11.3 Å². The molecule has 0 aromatic heterocycles. The van der Waals surface area contributed by atoms with Gasteiger partial charge in [0.1, 0.15) is 5.78 Å². The highest BCUT2D eigenvalue weighted by atomic mass is 16.1. The van der Waals surface area contributed by atoms with Gasteiger partial charge in [0.05, 0.1) is 0 Å². The van der Waals surface area contributed by atoms with Gasteiger partial charge in [0.15, 0.2) is 0 Å². The van der Waals surface area contributed by atoms with Crippen LogP contribution >= 0.6 is 0 Å². The Balaban J connectivity index is 2.64. The standard InChI is InChI=1S/C14H24O/c1-5-11-7-9-12(10-8-11)13(15)14(3,4)6-2/h7,9,11-12H,5-6,8,10H2,1-4H3. The molecule has 0 saturated heterocycles. The van der Waals surface area contributed by atoms with E-state index in [2.05, 4.69) is 39.8 Å². The first-order chi connectivity index (χ1) is 7.01. The summed E-state index contributed by atoms with van der Waals surface area (Å²) in [6, 6.07) is 0. The minimum atomic E-state index is -0.145. The van der Waals surface area contributed by atoms with Crippen molar-refractivity contribution in [2.75, 3.05) is 0 Å². The average molecular weight is 208 g/mol. The van der Waals surface area contributed by atoms with Gasteiger partial charge in [-0.25, -0.2) is 0 Å². The Morgan fingerprint density at radius 3 is 2.33 bits per heavy atom. The lowest BCUT2D eigenvalue weighted by atomic mass is 9.74. The molecule has 0 fully saturated rings. The molecule has 0 aromatic carbocycles. The van der Waals surface area contributed by atoms with Gasteiger partial charge in [0.25, 0.3) is 0 Å². The highest BCUT2D eigenvalue weighted by Crippen LogP contribution is 2.32. The molecule has 1 heteroatoms.